The number of hydrogen-bond acceptors (Lipinski definition) is 11. The molecule has 0 saturated heterocycles. The number of aliphatic hydroxyl groups excluding tert-OH is 6. The van der Waals surface area contributed by atoms with Crippen molar-refractivity contribution < 1.29 is 65.1 Å². The van der Waals surface area contributed by atoms with E-state index in [-0.39, 0.29) is 0 Å². The zero-order chi connectivity index (χ0) is 19.9. The lowest BCUT2D eigenvalue weighted by Gasteiger charge is -2.28. The predicted molar refractivity (Wildman–Crippen MR) is 72.7 cm³/mol. The van der Waals surface area contributed by atoms with Gasteiger partial charge in [0.15, 0.2) is 5.60 Å². The summed E-state index contributed by atoms with van der Waals surface area (Å²) in [6.07, 6.45) is -14.0. The van der Waals surface area contributed by atoms with Crippen molar-refractivity contribution in [3.63, 3.8) is 0 Å². The second-order valence-corrected chi connectivity index (χ2v) is 5.19. The SMILES string of the molecule is O=C(O)CC(O)(CC(=O)OC(O)[C@H](O)[C@H](O)[C@H](O)[C@H](O)CO)C(=O)O. The van der Waals surface area contributed by atoms with Crippen LogP contribution in [0, 0.1) is 0 Å². The first-order valence-corrected chi connectivity index (χ1v) is 6.74. The molecule has 0 aliphatic carbocycles. The number of aliphatic hydroxyl groups is 7. The second kappa shape index (κ2) is 9.57. The van der Waals surface area contributed by atoms with E-state index >= 15 is 0 Å². The van der Waals surface area contributed by atoms with Crippen molar-refractivity contribution in [1.82, 2.24) is 0 Å². The molecular weight excluding hydrogens is 352 g/mol. The van der Waals surface area contributed by atoms with Gasteiger partial charge in [0.2, 0.25) is 6.29 Å². The summed E-state index contributed by atoms with van der Waals surface area (Å²) in [6.45, 7) is -0.998. The molecule has 13 heteroatoms. The van der Waals surface area contributed by atoms with Crippen LogP contribution < -0.4 is 0 Å². The fourth-order valence-electron chi connectivity index (χ4n) is 1.66. The molecule has 0 aliphatic heterocycles. The van der Waals surface area contributed by atoms with E-state index in [1.165, 1.54) is 0 Å². The quantitative estimate of drug-likeness (QED) is 0.122. The van der Waals surface area contributed by atoms with Crippen LogP contribution >= 0.6 is 0 Å². The Labute approximate surface area is 139 Å². The van der Waals surface area contributed by atoms with E-state index in [9.17, 15) is 39.9 Å². The van der Waals surface area contributed by atoms with Gasteiger partial charge in [-0.25, -0.2) is 4.79 Å². The zero-order valence-corrected chi connectivity index (χ0v) is 12.7. The van der Waals surface area contributed by atoms with Crippen LogP contribution in [0.15, 0.2) is 0 Å². The van der Waals surface area contributed by atoms with Gasteiger partial charge in [0.25, 0.3) is 0 Å². The molecule has 0 aliphatic rings. The Morgan fingerprint density at radius 3 is 1.80 bits per heavy atom. The number of carbonyl (C=O) groups excluding carboxylic acids is 1. The molecule has 146 valence electrons. The van der Waals surface area contributed by atoms with E-state index in [0.29, 0.717) is 0 Å². The molecule has 0 amide bonds. The maximum Gasteiger partial charge on any atom is 0.336 e. The summed E-state index contributed by atoms with van der Waals surface area (Å²) in [5.74, 6) is -5.43. The minimum Gasteiger partial charge on any atom is -0.481 e. The lowest BCUT2D eigenvalue weighted by Crippen LogP contribution is -2.51. The Balaban J connectivity index is 4.87. The first-order chi connectivity index (χ1) is 11.4. The van der Waals surface area contributed by atoms with E-state index in [1.807, 2.05) is 0 Å². The third-order valence-corrected chi connectivity index (χ3v) is 3.10. The fourth-order valence-corrected chi connectivity index (χ4v) is 1.66. The van der Waals surface area contributed by atoms with Gasteiger partial charge in [-0.05, 0) is 0 Å². The van der Waals surface area contributed by atoms with Gasteiger partial charge in [0.1, 0.15) is 24.4 Å². The summed E-state index contributed by atoms with van der Waals surface area (Å²) in [5, 5.41) is 82.3. The van der Waals surface area contributed by atoms with Crippen molar-refractivity contribution in [2.45, 2.75) is 49.1 Å². The maximum atomic E-state index is 11.5. The molecule has 0 aromatic rings. The van der Waals surface area contributed by atoms with Crippen LogP contribution in [0.3, 0.4) is 0 Å². The van der Waals surface area contributed by atoms with E-state index in [1.54, 1.807) is 0 Å². The molecular formula is C12H20O13. The van der Waals surface area contributed by atoms with Crippen molar-refractivity contribution in [2.75, 3.05) is 6.61 Å². The second-order valence-electron chi connectivity index (χ2n) is 5.19. The molecule has 0 bridgehead atoms. The number of aliphatic carboxylic acids is 2. The van der Waals surface area contributed by atoms with Gasteiger partial charge in [0.05, 0.1) is 19.4 Å². The monoisotopic (exact) mass is 372 g/mol. The van der Waals surface area contributed by atoms with E-state index in [0.717, 1.165) is 0 Å². The molecule has 0 aromatic carbocycles. The molecule has 0 aromatic heterocycles. The number of esters is 1. The highest BCUT2D eigenvalue weighted by Crippen LogP contribution is 2.18. The standard InChI is InChI=1S/C12H20O13/c13-3-4(14)7(18)8(19)9(20)10(21)25-6(17)2-12(24,11(22)23)1-5(15)16/h4,7-10,13-14,18-21,24H,1-3H2,(H,15,16)(H,22,23)/t4-,7-,8-,9-,10?,12?/m1/s1. The first-order valence-electron chi connectivity index (χ1n) is 6.74. The van der Waals surface area contributed by atoms with Gasteiger partial charge in [-0.2, -0.15) is 0 Å². The van der Waals surface area contributed by atoms with Gasteiger partial charge >= 0.3 is 17.9 Å². The van der Waals surface area contributed by atoms with Crippen LogP contribution in [0.25, 0.3) is 0 Å². The minimum atomic E-state index is -3.04. The van der Waals surface area contributed by atoms with Gasteiger partial charge in [-0.1, -0.05) is 0 Å². The van der Waals surface area contributed by atoms with Crippen molar-refractivity contribution >= 4 is 17.9 Å². The molecule has 0 fully saturated rings. The Hall–Kier alpha value is -1.87. The van der Waals surface area contributed by atoms with Crippen molar-refractivity contribution in [3.8, 4) is 0 Å². The highest BCUT2D eigenvalue weighted by molar-refractivity contribution is 5.88. The third kappa shape index (κ3) is 6.87. The van der Waals surface area contributed by atoms with Crippen LogP contribution in [0.2, 0.25) is 0 Å². The molecule has 13 nitrogen and oxygen atoms in total. The van der Waals surface area contributed by atoms with Gasteiger partial charge < -0.3 is 50.7 Å². The van der Waals surface area contributed by atoms with Crippen LogP contribution in [-0.2, 0) is 19.1 Å². The molecule has 9 N–H and O–H groups in total. The Morgan fingerprint density at radius 2 is 1.40 bits per heavy atom. The first kappa shape index (κ1) is 23.1. The van der Waals surface area contributed by atoms with Crippen molar-refractivity contribution in [3.05, 3.63) is 0 Å². The molecule has 0 radical (unpaired) electrons. The number of ether oxygens (including phenoxy) is 1. The molecule has 2 unspecified atom stereocenters. The van der Waals surface area contributed by atoms with Crippen LogP contribution in [0.1, 0.15) is 12.8 Å². The minimum absolute atomic E-state index is 0.998. The molecule has 0 spiro atoms. The number of carboxylic acids is 2. The topological polar surface area (TPSA) is 243 Å². The molecule has 0 saturated carbocycles. The lowest BCUT2D eigenvalue weighted by molar-refractivity contribution is -0.217. The molecule has 0 heterocycles. The van der Waals surface area contributed by atoms with Crippen molar-refractivity contribution in [1.29, 1.82) is 0 Å². The van der Waals surface area contributed by atoms with Gasteiger partial charge in [-0.15, -0.1) is 0 Å². The Morgan fingerprint density at radius 1 is 0.880 bits per heavy atom. The smallest absolute Gasteiger partial charge is 0.336 e. The summed E-state index contributed by atoms with van der Waals surface area (Å²) < 4.78 is 4.16. The molecule has 0 rings (SSSR count). The number of rotatable bonds is 11. The van der Waals surface area contributed by atoms with Crippen molar-refractivity contribution in [2.24, 2.45) is 0 Å². The summed E-state index contributed by atoms with van der Waals surface area (Å²) >= 11 is 0. The predicted octanol–water partition coefficient (Wildman–Crippen LogP) is -5.04. The number of carboxylic acid groups (broad SMARTS) is 2. The van der Waals surface area contributed by atoms with E-state index in [4.69, 9.17) is 20.4 Å². The Bertz CT molecular complexity index is 480. The third-order valence-electron chi connectivity index (χ3n) is 3.10. The molecule has 6 atom stereocenters. The number of hydrogen-bond donors (Lipinski definition) is 9. The summed E-state index contributed by atoms with van der Waals surface area (Å²) in [5.41, 5.74) is -3.04. The van der Waals surface area contributed by atoms with E-state index < -0.39 is 73.7 Å². The average Bonchev–Trinajstić information content (AvgIpc) is 2.50. The van der Waals surface area contributed by atoms with Crippen LogP contribution in [0.4, 0.5) is 0 Å². The zero-order valence-electron chi connectivity index (χ0n) is 12.7. The summed E-state index contributed by atoms with van der Waals surface area (Å²) in [7, 11) is 0. The Kier molecular flexibility index (Phi) is 8.86. The fraction of sp³-hybridized carbons (Fsp3) is 0.750. The maximum absolute atomic E-state index is 11.5. The number of carbonyl (C=O) groups is 3. The highest BCUT2D eigenvalue weighted by Gasteiger charge is 2.43. The van der Waals surface area contributed by atoms with Gasteiger partial charge in [-0.3, -0.25) is 9.59 Å². The summed E-state index contributed by atoms with van der Waals surface area (Å²) in [6, 6.07) is 0. The largest absolute Gasteiger partial charge is 0.481 e. The van der Waals surface area contributed by atoms with Crippen LogP contribution in [-0.4, -0.2) is 107 Å². The summed E-state index contributed by atoms with van der Waals surface area (Å²) in [4.78, 5) is 32.9. The average molecular weight is 372 g/mol. The van der Waals surface area contributed by atoms with Gasteiger partial charge in [0, 0.05) is 0 Å². The highest BCUT2D eigenvalue weighted by atomic mass is 16.6. The molecule has 25 heavy (non-hydrogen) atoms. The lowest BCUT2D eigenvalue weighted by atomic mass is 9.96. The van der Waals surface area contributed by atoms with E-state index in [2.05, 4.69) is 4.74 Å². The normalized spacial score (nSPS) is 19.8. The van der Waals surface area contributed by atoms with Crippen LogP contribution in [0.5, 0.6) is 0 Å².